The molecule has 0 aromatic heterocycles. The molecule has 0 radical (unpaired) electrons. The molecule has 2 N–H and O–H groups in total. The first-order valence-electron chi connectivity index (χ1n) is 8.02. The van der Waals surface area contributed by atoms with E-state index in [0.29, 0.717) is 19.7 Å². The molecular weight excluding hydrogens is 306 g/mol. The molecule has 0 aliphatic carbocycles. The number of hydrogen-bond acceptors (Lipinski definition) is 5. The van der Waals surface area contributed by atoms with E-state index in [1.54, 1.807) is 0 Å². The molecular formula is C15H28ClN3O3. The second-order valence-electron chi connectivity index (χ2n) is 6.07. The number of esters is 1. The Labute approximate surface area is 138 Å². The highest BCUT2D eigenvalue weighted by Crippen LogP contribution is 2.18. The predicted molar refractivity (Wildman–Crippen MR) is 86.8 cm³/mol. The second-order valence-corrected chi connectivity index (χ2v) is 6.07. The van der Waals surface area contributed by atoms with Gasteiger partial charge in [-0.1, -0.05) is 0 Å². The molecule has 6 nitrogen and oxygen atoms in total. The SMILES string of the molecule is CCOC(=O)C1CCCN(C(=O)CN2CCC[C@@H](N)C2)C1.Cl. The maximum Gasteiger partial charge on any atom is 0.310 e. The molecule has 128 valence electrons. The molecule has 1 amide bonds. The molecule has 0 aromatic rings. The van der Waals surface area contributed by atoms with Gasteiger partial charge >= 0.3 is 5.97 Å². The summed E-state index contributed by atoms with van der Waals surface area (Å²) in [6.45, 7) is 5.60. The van der Waals surface area contributed by atoms with Crippen LogP contribution < -0.4 is 5.73 Å². The van der Waals surface area contributed by atoms with Gasteiger partial charge in [0.2, 0.25) is 5.91 Å². The average molecular weight is 334 g/mol. The number of likely N-dealkylation sites (tertiary alicyclic amines) is 2. The van der Waals surface area contributed by atoms with Crippen molar-refractivity contribution in [2.75, 3.05) is 39.3 Å². The van der Waals surface area contributed by atoms with Crippen LogP contribution in [0, 0.1) is 5.92 Å². The molecule has 1 unspecified atom stereocenters. The van der Waals surface area contributed by atoms with E-state index < -0.39 is 0 Å². The highest BCUT2D eigenvalue weighted by molar-refractivity contribution is 5.85. The van der Waals surface area contributed by atoms with Crippen LogP contribution in [0.5, 0.6) is 0 Å². The fourth-order valence-corrected chi connectivity index (χ4v) is 3.18. The first-order valence-corrected chi connectivity index (χ1v) is 8.02. The van der Waals surface area contributed by atoms with E-state index in [4.69, 9.17) is 10.5 Å². The van der Waals surface area contributed by atoms with Gasteiger partial charge in [-0.05, 0) is 39.2 Å². The largest absolute Gasteiger partial charge is 0.466 e. The molecule has 0 saturated carbocycles. The van der Waals surface area contributed by atoms with E-state index in [-0.39, 0.29) is 36.2 Å². The highest BCUT2D eigenvalue weighted by Gasteiger charge is 2.30. The van der Waals surface area contributed by atoms with E-state index in [2.05, 4.69) is 4.90 Å². The first-order chi connectivity index (χ1) is 10.1. The zero-order valence-electron chi connectivity index (χ0n) is 13.3. The van der Waals surface area contributed by atoms with Crippen molar-refractivity contribution in [3.63, 3.8) is 0 Å². The molecule has 2 aliphatic heterocycles. The van der Waals surface area contributed by atoms with Crippen LogP contribution in [0.4, 0.5) is 0 Å². The zero-order chi connectivity index (χ0) is 15.2. The lowest BCUT2D eigenvalue weighted by molar-refractivity contribution is -0.151. The van der Waals surface area contributed by atoms with Gasteiger partial charge in [0.05, 0.1) is 19.1 Å². The van der Waals surface area contributed by atoms with Crippen LogP contribution >= 0.6 is 12.4 Å². The molecule has 0 aromatic carbocycles. The average Bonchev–Trinajstić information content (AvgIpc) is 2.47. The molecule has 2 fully saturated rings. The van der Waals surface area contributed by atoms with Crippen LogP contribution in [-0.4, -0.2) is 67.0 Å². The monoisotopic (exact) mass is 333 g/mol. The van der Waals surface area contributed by atoms with Gasteiger partial charge in [-0.3, -0.25) is 14.5 Å². The molecule has 2 saturated heterocycles. The van der Waals surface area contributed by atoms with Crippen molar-refractivity contribution in [1.82, 2.24) is 9.80 Å². The third-order valence-electron chi connectivity index (χ3n) is 4.29. The number of carbonyl (C=O) groups is 2. The Hall–Kier alpha value is -0.850. The van der Waals surface area contributed by atoms with Crippen LogP contribution in [0.3, 0.4) is 0 Å². The highest BCUT2D eigenvalue weighted by atomic mass is 35.5. The number of carbonyl (C=O) groups excluding carboxylic acids is 2. The fourth-order valence-electron chi connectivity index (χ4n) is 3.18. The molecule has 0 spiro atoms. The van der Waals surface area contributed by atoms with Crippen molar-refractivity contribution in [3.05, 3.63) is 0 Å². The van der Waals surface area contributed by atoms with Crippen molar-refractivity contribution in [2.45, 2.75) is 38.6 Å². The van der Waals surface area contributed by atoms with E-state index in [0.717, 1.165) is 45.3 Å². The minimum atomic E-state index is -0.171. The maximum atomic E-state index is 12.4. The number of rotatable bonds is 4. The Bertz CT molecular complexity index is 381. The quantitative estimate of drug-likeness (QED) is 0.764. The molecule has 7 heteroatoms. The smallest absolute Gasteiger partial charge is 0.310 e. The van der Waals surface area contributed by atoms with Gasteiger partial charge in [0, 0.05) is 25.7 Å². The van der Waals surface area contributed by atoms with Crippen molar-refractivity contribution in [1.29, 1.82) is 0 Å². The summed E-state index contributed by atoms with van der Waals surface area (Å²) in [4.78, 5) is 28.1. The van der Waals surface area contributed by atoms with E-state index in [9.17, 15) is 9.59 Å². The number of amides is 1. The number of hydrogen-bond donors (Lipinski definition) is 1. The number of halogens is 1. The maximum absolute atomic E-state index is 12.4. The van der Waals surface area contributed by atoms with Crippen LogP contribution in [0.2, 0.25) is 0 Å². The molecule has 2 heterocycles. The lowest BCUT2D eigenvalue weighted by Crippen LogP contribution is -2.50. The van der Waals surface area contributed by atoms with Gasteiger partial charge in [-0.25, -0.2) is 0 Å². The normalized spacial score (nSPS) is 26.2. The zero-order valence-corrected chi connectivity index (χ0v) is 14.1. The summed E-state index contributed by atoms with van der Waals surface area (Å²) in [5.41, 5.74) is 5.95. The van der Waals surface area contributed by atoms with E-state index >= 15 is 0 Å². The van der Waals surface area contributed by atoms with Gasteiger partial charge < -0.3 is 15.4 Å². The van der Waals surface area contributed by atoms with Crippen molar-refractivity contribution in [3.8, 4) is 0 Å². The molecule has 2 atom stereocenters. The van der Waals surface area contributed by atoms with Crippen LogP contribution in [0.1, 0.15) is 32.6 Å². The Balaban J connectivity index is 0.00000242. The Morgan fingerprint density at radius 2 is 1.91 bits per heavy atom. The van der Waals surface area contributed by atoms with Gasteiger partial charge in [-0.15, -0.1) is 12.4 Å². The van der Waals surface area contributed by atoms with Crippen LogP contribution in [0.15, 0.2) is 0 Å². The van der Waals surface area contributed by atoms with Crippen LogP contribution in [0.25, 0.3) is 0 Å². The van der Waals surface area contributed by atoms with E-state index in [1.807, 2.05) is 11.8 Å². The number of ether oxygens (including phenoxy) is 1. The second kappa shape index (κ2) is 9.33. The lowest BCUT2D eigenvalue weighted by atomic mass is 9.98. The summed E-state index contributed by atoms with van der Waals surface area (Å²) < 4.78 is 5.07. The summed E-state index contributed by atoms with van der Waals surface area (Å²) in [5, 5.41) is 0. The summed E-state index contributed by atoms with van der Waals surface area (Å²) in [6, 6.07) is 0.181. The summed E-state index contributed by atoms with van der Waals surface area (Å²) in [7, 11) is 0. The Morgan fingerprint density at radius 3 is 2.59 bits per heavy atom. The minimum absolute atomic E-state index is 0. The van der Waals surface area contributed by atoms with Crippen LogP contribution in [-0.2, 0) is 14.3 Å². The van der Waals surface area contributed by atoms with Gasteiger partial charge in [0.25, 0.3) is 0 Å². The standard InChI is InChI=1S/C15H27N3O3.ClH/c1-2-21-15(20)12-5-3-8-18(9-12)14(19)11-17-7-4-6-13(16)10-17;/h12-13H,2-11,16H2,1H3;1H/t12?,13-;/m1./s1. The molecule has 22 heavy (non-hydrogen) atoms. The summed E-state index contributed by atoms with van der Waals surface area (Å²) in [5.74, 6) is -0.223. The molecule has 0 bridgehead atoms. The van der Waals surface area contributed by atoms with Crippen molar-refractivity contribution < 1.29 is 14.3 Å². The lowest BCUT2D eigenvalue weighted by Gasteiger charge is -2.35. The third-order valence-corrected chi connectivity index (χ3v) is 4.29. The number of piperidine rings is 2. The van der Waals surface area contributed by atoms with Crippen molar-refractivity contribution in [2.24, 2.45) is 11.7 Å². The molecule has 2 rings (SSSR count). The Kier molecular flexibility index (Phi) is 8.14. The predicted octanol–water partition coefficient (Wildman–Crippen LogP) is 0.633. The fraction of sp³-hybridized carbons (Fsp3) is 0.867. The minimum Gasteiger partial charge on any atom is -0.466 e. The Morgan fingerprint density at radius 1 is 1.18 bits per heavy atom. The number of nitrogens with zero attached hydrogens (tertiary/aromatic N) is 2. The topological polar surface area (TPSA) is 75.9 Å². The number of nitrogens with two attached hydrogens (primary N) is 1. The van der Waals surface area contributed by atoms with Gasteiger partial charge in [-0.2, -0.15) is 0 Å². The van der Waals surface area contributed by atoms with Gasteiger partial charge in [0.1, 0.15) is 0 Å². The summed E-state index contributed by atoms with van der Waals surface area (Å²) in [6.07, 6.45) is 3.78. The van der Waals surface area contributed by atoms with E-state index in [1.165, 1.54) is 0 Å². The third kappa shape index (κ3) is 5.41. The first kappa shape index (κ1) is 19.2. The summed E-state index contributed by atoms with van der Waals surface area (Å²) >= 11 is 0. The molecule has 2 aliphatic rings. The van der Waals surface area contributed by atoms with Gasteiger partial charge in [0.15, 0.2) is 0 Å². The van der Waals surface area contributed by atoms with Crippen molar-refractivity contribution >= 4 is 24.3 Å².